The number of rotatable bonds is 7. The van der Waals surface area contributed by atoms with E-state index >= 15 is 0 Å². The van der Waals surface area contributed by atoms with Crippen LogP contribution in [0.25, 0.3) is 0 Å². The van der Waals surface area contributed by atoms with Gasteiger partial charge < -0.3 is 5.11 Å². The van der Waals surface area contributed by atoms with Crippen molar-refractivity contribution in [2.45, 2.75) is 44.5 Å². The second-order valence-electron chi connectivity index (χ2n) is 8.24. The molecule has 0 saturated carbocycles. The number of alkyl halides is 3. The molecule has 11 heteroatoms. The van der Waals surface area contributed by atoms with E-state index in [2.05, 4.69) is 9.82 Å². The molecule has 180 valence electrons. The summed E-state index contributed by atoms with van der Waals surface area (Å²) < 4.78 is 79.5. The van der Waals surface area contributed by atoms with Crippen molar-refractivity contribution in [2.75, 3.05) is 18.0 Å². The largest absolute Gasteiger partial charge is 0.416 e. The topological polar surface area (TPSA) is 78.8 Å². The van der Waals surface area contributed by atoms with Crippen molar-refractivity contribution >= 4 is 27.6 Å². The number of nitrogens with zero attached hydrogens (tertiary/aromatic N) is 2. The van der Waals surface area contributed by atoms with Crippen molar-refractivity contribution in [3.8, 4) is 0 Å². The van der Waals surface area contributed by atoms with Gasteiger partial charge in [0.1, 0.15) is 11.9 Å². The molecule has 2 aromatic rings. The predicted molar refractivity (Wildman–Crippen MR) is 120 cm³/mol. The zero-order chi connectivity index (χ0) is 24.8. The number of hydrogen-bond donors (Lipinski definition) is 2. The maximum absolute atomic E-state index is 14.6. The monoisotopic (exact) mass is 488 g/mol. The average molecular weight is 489 g/mol. The fourth-order valence-corrected chi connectivity index (χ4v) is 5.27. The highest BCUT2D eigenvalue weighted by Gasteiger charge is 2.58. The number of aliphatic hydroxyl groups is 1. The van der Waals surface area contributed by atoms with E-state index in [4.69, 9.17) is 0 Å². The van der Waals surface area contributed by atoms with E-state index in [-0.39, 0.29) is 24.2 Å². The molecule has 2 aromatic carbocycles. The molecular formula is C22H26F4N3O3S+. The molecule has 0 bridgehead atoms. The standard InChI is InChI=1S/C22H26F4N3O3S/c1-5-20(30)21(6-2,14-7-9-15(10-8-14)22(24,25)26)29(3)19-12-16(23)11-18(17(19)13-27-29)28-33(4,31)32/h7-13,20,28,30H,5-6H2,1-4H3/q+1. The molecule has 0 spiro atoms. The number of nitrogens with one attached hydrogen (secondary N) is 1. The fraction of sp³-hybridized carbons (Fsp3) is 0.409. The second-order valence-corrected chi connectivity index (χ2v) is 9.99. The minimum Gasteiger partial charge on any atom is -0.386 e. The number of aliphatic hydroxyl groups excluding tert-OH is 1. The van der Waals surface area contributed by atoms with Gasteiger partial charge in [0, 0.05) is 18.1 Å². The van der Waals surface area contributed by atoms with E-state index in [1.165, 1.54) is 24.4 Å². The zero-order valence-corrected chi connectivity index (χ0v) is 19.4. The summed E-state index contributed by atoms with van der Waals surface area (Å²) in [4.78, 5) is 0. The highest BCUT2D eigenvalue weighted by atomic mass is 32.2. The summed E-state index contributed by atoms with van der Waals surface area (Å²) in [6.07, 6.45) is -2.78. The Hall–Kier alpha value is -2.50. The molecular weight excluding hydrogens is 462 g/mol. The maximum atomic E-state index is 14.6. The van der Waals surface area contributed by atoms with Crippen LogP contribution in [0.5, 0.6) is 0 Å². The van der Waals surface area contributed by atoms with Crippen LogP contribution in [0, 0.1) is 5.82 Å². The molecule has 1 heterocycles. The lowest BCUT2D eigenvalue weighted by atomic mass is 9.77. The van der Waals surface area contributed by atoms with Gasteiger partial charge in [-0.05, 0) is 24.6 Å². The number of anilines is 1. The minimum atomic E-state index is -4.52. The van der Waals surface area contributed by atoms with Gasteiger partial charge in [-0.15, -0.1) is 0 Å². The van der Waals surface area contributed by atoms with Gasteiger partial charge in [-0.2, -0.15) is 17.8 Å². The molecule has 0 fully saturated rings. The highest BCUT2D eigenvalue weighted by molar-refractivity contribution is 7.92. The van der Waals surface area contributed by atoms with Gasteiger partial charge >= 0.3 is 6.18 Å². The average Bonchev–Trinajstić information content (AvgIpc) is 3.05. The number of sulfonamides is 1. The van der Waals surface area contributed by atoms with E-state index in [1.54, 1.807) is 20.9 Å². The first kappa shape index (κ1) is 25.1. The molecule has 0 aliphatic carbocycles. The van der Waals surface area contributed by atoms with Gasteiger partial charge in [-0.25, -0.2) is 12.8 Å². The number of hydrogen-bond acceptors (Lipinski definition) is 4. The molecule has 0 radical (unpaired) electrons. The van der Waals surface area contributed by atoms with Crippen LogP contribution in [0.3, 0.4) is 0 Å². The molecule has 3 rings (SSSR count). The minimum absolute atomic E-state index is 0.0125. The van der Waals surface area contributed by atoms with Crippen molar-refractivity contribution in [1.29, 1.82) is 0 Å². The van der Waals surface area contributed by atoms with Gasteiger partial charge in [-0.1, -0.05) is 31.1 Å². The van der Waals surface area contributed by atoms with Gasteiger partial charge in [-0.3, -0.25) is 4.72 Å². The number of likely N-dealkylation sites (N-methyl/N-ethyl adjacent to an activating group) is 1. The number of fused-ring (bicyclic) bond motifs is 1. The van der Waals surface area contributed by atoms with Crippen LogP contribution >= 0.6 is 0 Å². The summed E-state index contributed by atoms with van der Waals surface area (Å²) >= 11 is 0. The first-order valence-electron chi connectivity index (χ1n) is 10.3. The molecule has 3 atom stereocenters. The van der Waals surface area contributed by atoms with Crippen LogP contribution in [0.1, 0.15) is 43.4 Å². The smallest absolute Gasteiger partial charge is 0.386 e. The SMILES string of the molecule is CCC(O)C(CC)(c1ccc(C(F)(F)F)cc1)[N+]1(C)N=Cc2c(NS(C)(=O)=O)cc(F)cc21. The number of quaternary nitrogens is 1. The summed E-state index contributed by atoms with van der Waals surface area (Å²) in [5, 5.41) is 15.8. The van der Waals surface area contributed by atoms with E-state index < -0.39 is 43.8 Å². The number of halogens is 4. The van der Waals surface area contributed by atoms with E-state index in [1.807, 2.05) is 0 Å². The fourth-order valence-electron chi connectivity index (χ4n) is 4.70. The van der Waals surface area contributed by atoms with Crippen LogP contribution in [0.2, 0.25) is 0 Å². The predicted octanol–water partition coefficient (Wildman–Crippen LogP) is 4.58. The molecule has 2 N–H and O–H groups in total. The van der Waals surface area contributed by atoms with Crippen LogP contribution in [-0.2, 0) is 21.7 Å². The van der Waals surface area contributed by atoms with Gasteiger partial charge in [0.25, 0.3) is 0 Å². The Labute approximate surface area is 190 Å². The zero-order valence-electron chi connectivity index (χ0n) is 18.6. The van der Waals surface area contributed by atoms with Gasteiger partial charge in [0.05, 0.1) is 36.3 Å². The van der Waals surface area contributed by atoms with Gasteiger partial charge in [0.15, 0.2) is 11.2 Å². The second kappa shape index (κ2) is 8.37. The van der Waals surface area contributed by atoms with Crippen LogP contribution < -0.4 is 9.31 Å². The normalized spacial score (nSPS) is 20.9. The first-order chi connectivity index (χ1) is 15.2. The third-order valence-electron chi connectivity index (χ3n) is 6.27. The van der Waals surface area contributed by atoms with E-state index in [0.717, 1.165) is 24.5 Å². The Morgan fingerprint density at radius 1 is 1.12 bits per heavy atom. The maximum Gasteiger partial charge on any atom is 0.416 e. The number of benzene rings is 2. The molecule has 3 unspecified atom stereocenters. The molecule has 1 aliphatic rings. The van der Waals surface area contributed by atoms with Crippen LogP contribution in [0.15, 0.2) is 41.5 Å². The van der Waals surface area contributed by atoms with Crippen molar-refractivity contribution in [1.82, 2.24) is 4.59 Å². The Balaban J connectivity index is 2.28. The van der Waals surface area contributed by atoms with Crippen LogP contribution in [0.4, 0.5) is 28.9 Å². The Morgan fingerprint density at radius 3 is 2.18 bits per heavy atom. The summed E-state index contributed by atoms with van der Waals surface area (Å²) in [6.45, 7) is 3.50. The quantitative estimate of drug-likeness (QED) is 0.443. The van der Waals surface area contributed by atoms with Crippen molar-refractivity contribution in [2.24, 2.45) is 5.10 Å². The summed E-state index contributed by atoms with van der Waals surface area (Å²) in [5.74, 6) is -0.724. The summed E-state index contributed by atoms with van der Waals surface area (Å²) in [7, 11) is -2.11. The molecule has 0 amide bonds. The van der Waals surface area contributed by atoms with Gasteiger partial charge in [0.2, 0.25) is 10.0 Å². The van der Waals surface area contributed by atoms with Crippen molar-refractivity contribution < 1.29 is 31.1 Å². The molecule has 0 aromatic heterocycles. The summed E-state index contributed by atoms with van der Waals surface area (Å²) in [5.41, 5.74) is -1.14. The Bertz CT molecular complexity index is 1180. The third-order valence-corrected chi connectivity index (χ3v) is 6.86. The van der Waals surface area contributed by atoms with Crippen LogP contribution in [-0.4, -0.2) is 39.1 Å². The third kappa shape index (κ3) is 4.24. The highest BCUT2D eigenvalue weighted by Crippen LogP contribution is 2.50. The van der Waals surface area contributed by atoms with E-state index in [9.17, 15) is 31.1 Å². The molecule has 0 saturated heterocycles. The Kier molecular flexibility index (Phi) is 6.37. The molecule has 1 aliphatic heterocycles. The summed E-state index contributed by atoms with van der Waals surface area (Å²) in [6, 6.07) is 6.72. The molecule has 33 heavy (non-hydrogen) atoms. The Morgan fingerprint density at radius 2 is 1.70 bits per heavy atom. The first-order valence-corrected chi connectivity index (χ1v) is 12.2. The lowest BCUT2D eigenvalue weighted by molar-refractivity contribution is -0.137. The van der Waals surface area contributed by atoms with Crippen molar-refractivity contribution in [3.63, 3.8) is 0 Å². The van der Waals surface area contributed by atoms with E-state index in [0.29, 0.717) is 11.1 Å². The lowest BCUT2D eigenvalue weighted by Crippen LogP contribution is -2.62. The van der Waals surface area contributed by atoms with Crippen molar-refractivity contribution in [3.05, 3.63) is 58.9 Å². The molecule has 6 nitrogen and oxygen atoms in total. The lowest BCUT2D eigenvalue weighted by Gasteiger charge is -2.47.